The molecule has 3 nitrogen and oxygen atoms in total. The van der Waals surface area contributed by atoms with Crippen molar-refractivity contribution < 1.29 is 9.36 Å². The molecule has 0 saturated carbocycles. The van der Waals surface area contributed by atoms with Crippen LogP contribution in [0.3, 0.4) is 0 Å². The van der Waals surface area contributed by atoms with Crippen molar-refractivity contribution in [3.8, 4) is 0 Å². The zero-order chi connectivity index (χ0) is 11.1. The van der Waals surface area contributed by atoms with E-state index in [9.17, 15) is 4.79 Å². The van der Waals surface area contributed by atoms with Crippen molar-refractivity contribution in [1.29, 1.82) is 0 Å². The van der Waals surface area contributed by atoms with Crippen LogP contribution in [0.15, 0.2) is 24.5 Å². The number of amides is 1. The molecule has 82 valence electrons. The molecule has 15 heavy (non-hydrogen) atoms. The zero-order valence-electron chi connectivity index (χ0n) is 9.28. The number of pyridine rings is 1. The lowest BCUT2D eigenvalue weighted by Gasteiger charge is -1.97. The van der Waals surface area contributed by atoms with Crippen LogP contribution in [0.2, 0.25) is 0 Å². The van der Waals surface area contributed by atoms with Crippen molar-refractivity contribution in [3.05, 3.63) is 30.1 Å². The lowest BCUT2D eigenvalue weighted by atomic mass is 10.2. The van der Waals surface area contributed by atoms with Gasteiger partial charge in [0, 0.05) is 18.6 Å². The number of primary amides is 1. The zero-order valence-corrected chi connectivity index (χ0v) is 9.28. The summed E-state index contributed by atoms with van der Waals surface area (Å²) in [5.41, 5.74) is 5.72. The van der Waals surface area contributed by atoms with Gasteiger partial charge in [-0.15, -0.1) is 0 Å². The molecule has 0 radical (unpaired) electrons. The van der Waals surface area contributed by atoms with Gasteiger partial charge in [-0.05, 0) is 6.42 Å². The highest BCUT2D eigenvalue weighted by molar-refractivity contribution is 5.92. The Labute approximate surface area is 90.9 Å². The Kier molecular flexibility index (Phi) is 4.81. The van der Waals surface area contributed by atoms with Crippen LogP contribution in [0, 0.1) is 0 Å². The van der Waals surface area contributed by atoms with E-state index in [4.69, 9.17) is 5.73 Å². The Morgan fingerprint density at radius 3 is 2.47 bits per heavy atom. The van der Waals surface area contributed by atoms with Gasteiger partial charge in [0.2, 0.25) is 5.91 Å². The number of carbonyl (C=O) groups excluding carboxylic acids is 1. The molecule has 0 fully saturated rings. The molecule has 0 aromatic carbocycles. The Bertz CT molecular complexity index is 306. The summed E-state index contributed by atoms with van der Waals surface area (Å²) < 4.78 is 2.09. The van der Waals surface area contributed by atoms with Crippen molar-refractivity contribution in [2.45, 2.75) is 39.2 Å². The van der Waals surface area contributed by atoms with E-state index in [1.54, 1.807) is 12.1 Å². The first-order chi connectivity index (χ1) is 7.24. The Morgan fingerprint density at radius 1 is 1.27 bits per heavy atom. The van der Waals surface area contributed by atoms with E-state index in [-0.39, 0.29) is 5.91 Å². The molecule has 0 aliphatic heterocycles. The summed E-state index contributed by atoms with van der Waals surface area (Å²) in [6.07, 6.45) is 8.82. The predicted octanol–water partition coefficient (Wildman–Crippen LogP) is 1.65. The van der Waals surface area contributed by atoms with E-state index in [2.05, 4.69) is 11.5 Å². The standard InChI is InChI=1S/C12H18N2O/c1-2-3-4-5-8-14-9-6-11(7-10-14)12(13)15/h6-7,9-10H,2-5,8H2,1H3,(H-,13,15)/p+1. The summed E-state index contributed by atoms with van der Waals surface area (Å²) in [5, 5.41) is 0. The molecule has 2 N–H and O–H groups in total. The van der Waals surface area contributed by atoms with Crippen LogP contribution in [-0.2, 0) is 6.54 Å². The second-order valence-corrected chi connectivity index (χ2v) is 3.75. The highest BCUT2D eigenvalue weighted by Gasteiger charge is 2.03. The summed E-state index contributed by atoms with van der Waals surface area (Å²) in [7, 11) is 0. The number of hydrogen-bond donors (Lipinski definition) is 1. The van der Waals surface area contributed by atoms with Crippen molar-refractivity contribution >= 4 is 5.91 Å². The van der Waals surface area contributed by atoms with E-state index >= 15 is 0 Å². The summed E-state index contributed by atoms with van der Waals surface area (Å²) >= 11 is 0. The largest absolute Gasteiger partial charge is 0.366 e. The molecule has 1 heterocycles. The molecule has 1 rings (SSSR count). The molecule has 3 heteroatoms. The van der Waals surface area contributed by atoms with E-state index in [0.29, 0.717) is 5.56 Å². The summed E-state index contributed by atoms with van der Waals surface area (Å²) in [4.78, 5) is 10.8. The van der Waals surface area contributed by atoms with Gasteiger partial charge in [0.25, 0.3) is 0 Å². The molecule has 1 aromatic rings. The minimum Gasteiger partial charge on any atom is -0.366 e. The second kappa shape index (κ2) is 6.17. The Morgan fingerprint density at radius 2 is 1.93 bits per heavy atom. The number of unbranched alkanes of at least 4 members (excludes halogenated alkanes) is 3. The van der Waals surface area contributed by atoms with Gasteiger partial charge in [-0.1, -0.05) is 19.8 Å². The van der Waals surface area contributed by atoms with E-state index in [1.807, 2.05) is 12.4 Å². The van der Waals surface area contributed by atoms with Crippen LogP contribution in [0.4, 0.5) is 0 Å². The smallest absolute Gasteiger partial charge is 0.249 e. The number of nitrogens with two attached hydrogens (primary N) is 1. The Balaban J connectivity index is 2.39. The maximum atomic E-state index is 10.8. The first-order valence-corrected chi connectivity index (χ1v) is 5.53. The third kappa shape index (κ3) is 4.11. The second-order valence-electron chi connectivity index (χ2n) is 3.75. The number of aryl methyl sites for hydroxylation is 1. The summed E-state index contributed by atoms with van der Waals surface area (Å²) in [6.45, 7) is 3.22. The van der Waals surface area contributed by atoms with Gasteiger partial charge < -0.3 is 5.73 Å². The number of aromatic nitrogens is 1. The maximum Gasteiger partial charge on any atom is 0.249 e. The lowest BCUT2D eigenvalue weighted by Crippen LogP contribution is -2.33. The highest BCUT2D eigenvalue weighted by Crippen LogP contribution is 1.99. The summed E-state index contributed by atoms with van der Waals surface area (Å²) in [6, 6.07) is 3.53. The molecule has 0 aliphatic carbocycles. The molecule has 0 spiro atoms. The quantitative estimate of drug-likeness (QED) is 0.559. The average molecular weight is 207 g/mol. The predicted molar refractivity (Wildman–Crippen MR) is 59.3 cm³/mol. The van der Waals surface area contributed by atoms with Crippen LogP contribution in [0.5, 0.6) is 0 Å². The molecule has 0 atom stereocenters. The monoisotopic (exact) mass is 207 g/mol. The molecular formula is C12H19N2O+. The van der Waals surface area contributed by atoms with Crippen LogP contribution in [-0.4, -0.2) is 5.91 Å². The first-order valence-electron chi connectivity index (χ1n) is 5.53. The molecule has 1 amide bonds. The van der Waals surface area contributed by atoms with Crippen LogP contribution in [0.1, 0.15) is 43.0 Å². The molecular weight excluding hydrogens is 188 g/mol. The fraction of sp³-hybridized carbons (Fsp3) is 0.500. The van der Waals surface area contributed by atoms with Gasteiger partial charge in [0.1, 0.15) is 6.54 Å². The van der Waals surface area contributed by atoms with Crippen molar-refractivity contribution in [2.75, 3.05) is 0 Å². The molecule has 0 saturated heterocycles. The highest BCUT2D eigenvalue weighted by atomic mass is 16.1. The van der Waals surface area contributed by atoms with Gasteiger partial charge in [-0.25, -0.2) is 4.57 Å². The molecule has 0 bridgehead atoms. The Hall–Kier alpha value is -1.38. The van der Waals surface area contributed by atoms with Gasteiger partial charge in [0.15, 0.2) is 12.4 Å². The fourth-order valence-corrected chi connectivity index (χ4v) is 1.49. The number of hydrogen-bond acceptors (Lipinski definition) is 1. The average Bonchev–Trinajstić information content (AvgIpc) is 2.25. The van der Waals surface area contributed by atoms with Crippen molar-refractivity contribution in [1.82, 2.24) is 0 Å². The number of nitrogens with zero attached hydrogens (tertiary/aromatic N) is 1. The summed E-state index contributed by atoms with van der Waals surface area (Å²) in [5.74, 6) is -0.367. The fourth-order valence-electron chi connectivity index (χ4n) is 1.49. The van der Waals surface area contributed by atoms with Gasteiger partial charge >= 0.3 is 0 Å². The molecule has 1 aromatic heterocycles. The normalized spacial score (nSPS) is 10.2. The SMILES string of the molecule is CCCCCC[n+]1ccc(C(N)=O)cc1. The topological polar surface area (TPSA) is 47.0 Å². The van der Waals surface area contributed by atoms with Crippen molar-refractivity contribution in [3.63, 3.8) is 0 Å². The van der Waals surface area contributed by atoms with E-state index in [1.165, 1.54) is 25.7 Å². The van der Waals surface area contributed by atoms with Crippen LogP contribution in [0.25, 0.3) is 0 Å². The van der Waals surface area contributed by atoms with Gasteiger partial charge in [-0.3, -0.25) is 4.79 Å². The first kappa shape index (κ1) is 11.7. The minimum atomic E-state index is -0.367. The van der Waals surface area contributed by atoms with Gasteiger partial charge in [0.05, 0.1) is 5.56 Å². The van der Waals surface area contributed by atoms with Crippen molar-refractivity contribution in [2.24, 2.45) is 5.73 Å². The van der Waals surface area contributed by atoms with E-state index in [0.717, 1.165) is 6.54 Å². The van der Waals surface area contributed by atoms with Crippen LogP contribution < -0.4 is 10.3 Å². The number of rotatable bonds is 6. The third-order valence-electron chi connectivity index (χ3n) is 2.45. The van der Waals surface area contributed by atoms with Gasteiger partial charge in [-0.2, -0.15) is 0 Å². The van der Waals surface area contributed by atoms with E-state index < -0.39 is 0 Å². The number of carbonyl (C=O) groups is 1. The third-order valence-corrected chi connectivity index (χ3v) is 2.45. The van der Waals surface area contributed by atoms with Crippen LogP contribution >= 0.6 is 0 Å². The lowest BCUT2D eigenvalue weighted by molar-refractivity contribution is -0.697. The minimum absolute atomic E-state index is 0.367. The maximum absolute atomic E-state index is 10.8. The molecule has 0 unspecified atom stereocenters. The molecule has 0 aliphatic rings.